The summed E-state index contributed by atoms with van der Waals surface area (Å²) in [5.41, 5.74) is -0.158. The molecule has 0 bridgehead atoms. The number of aliphatic hydroxyl groups is 3. The molecule has 110 valence electrons. The van der Waals surface area contributed by atoms with E-state index in [1.165, 1.54) is 12.1 Å². The van der Waals surface area contributed by atoms with Gasteiger partial charge < -0.3 is 20.4 Å². The van der Waals surface area contributed by atoms with Crippen LogP contribution in [0.25, 0.3) is 0 Å². The number of nitro benzene ring substituents is 1. The average Bonchev–Trinajstić information content (AvgIpc) is 2.45. The molecule has 0 amide bonds. The van der Waals surface area contributed by atoms with Gasteiger partial charge in [0.05, 0.1) is 11.5 Å². The molecule has 20 heavy (non-hydrogen) atoms. The quantitative estimate of drug-likeness (QED) is 0.237. The topological polar surface area (TPSA) is 158 Å². The third-order valence-electron chi connectivity index (χ3n) is 2.18. The van der Waals surface area contributed by atoms with Crippen LogP contribution in [0.5, 0.6) is 0 Å². The highest BCUT2D eigenvalue weighted by atomic mass is 16.6. The van der Waals surface area contributed by atoms with Crippen molar-refractivity contribution in [2.45, 2.75) is 12.2 Å². The molecular formula is C11H13NO8. The van der Waals surface area contributed by atoms with Crippen LogP contribution in [0, 0.1) is 10.1 Å². The Balaban J connectivity index is 0.00000110. The standard InChI is InChI=1S/C10H11NO6.CH2O2/c12-5-8(13)10(15)9(14)6-1-3-7(4-2-6)11(16)17;2-1-3/h1-4,8,10,12-13,15H,5H2;1H,(H,2,3). The first-order chi connectivity index (χ1) is 9.38. The monoisotopic (exact) mass is 287 g/mol. The number of hydrogen-bond donors (Lipinski definition) is 4. The van der Waals surface area contributed by atoms with Crippen LogP contribution < -0.4 is 0 Å². The summed E-state index contributed by atoms with van der Waals surface area (Å²) in [6.07, 6.45) is -3.32. The Morgan fingerprint density at radius 3 is 2.10 bits per heavy atom. The number of carbonyl (C=O) groups is 2. The molecule has 0 saturated carbocycles. The first-order valence-electron chi connectivity index (χ1n) is 5.22. The van der Waals surface area contributed by atoms with Crippen molar-refractivity contribution in [3.05, 3.63) is 39.9 Å². The number of benzene rings is 1. The normalized spacial score (nSPS) is 12.6. The van der Waals surface area contributed by atoms with Crippen LogP contribution in [-0.2, 0) is 4.79 Å². The number of nitro groups is 1. The molecule has 0 aliphatic heterocycles. The first-order valence-corrected chi connectivity index (χ1v) is 5.22. The van der Waals surface area contributed by atoms with Gasteiger partial charge in [0.15, 0.2) is 5.78 Å². The Morgan fingerprint density at radius 1 is 1.30 bits per heavy atom. The molecular weight excluding hydrogens is 274 g/mol. The Labute approximate surface area is 112 Å². The molecule has 1 aromatic carbocycles. The van der Waals surface area contributed by atoms with Gasteiger partial charge in [0.25, 0.3) is 12.2 Å². The summed E-state index contributed by atoms with van der Waals surface area (Å²) in [6.45, 7) is -1.00. The van der Waals surface area contributed by atoms with E-state index in [-0.39, 0.29) is 17.7 Å². The van der Waals surface area contributed by atoms with Crippen LogP contribution in [0.15, 0.2) is 24.3 Å². The lowest BCUT2D eigenvalue weighted by Gasteiger charge is -2.13. The Bertz CT molecular complexity index is 458. The maximum absolute atomic E-state index is 11.5. The van der Waals surface area contributed by atoms with E-state index in [9.17, 15) is 20.0 Å². The maximum Gasteiger partial charge on any atom is 0.290 e. The van der Waals surface area contributed by atoms with Crippen molar-refractivity contribution in [2.75, 3.05) is 6.61 Å². The highest BCUT2D eigenvalue weighted by molar-refractivity contribution is 5.99. The highest BCUT2D eigenvalue weighted by Crippen LogP contribution is 2.14. The van der Waals surface area contributed by atoms with Crippen molar-refractivity contribution >= 4 is 17.9 Å². The van der Waals surface area contributed by atoms with Crippen molar-refractivity contribution in [1.82, 2.24) is 0 Å². The fourth-order valence-electron chi connectivity index (χ4n) is 1.19. The number of Topliss-reactive ketones (excluding diaryl/α,β-unsaturated/α-hetero) is 1. The second-order valence-corrected chi connectivity index (χ2v) is 3.47. The molecule has 1 rings (SSSR count). The third kappa shape index (κ3) is 5.10. The Kier molecular flexibility index (Phi) is 7.67. The summed E-state index contributed by atoms with van der Waals surface area (Å²) in [5.74, 6) is -0.804. The van der Waals surface area contributed by atoms with Crippen LogP contribution in [0.2, 0.25) is 0 Å². The van der Waals surface area contributed by atoms with Gasteiger partial charge in [0.1, 0.15) is 12.2 Å². The van der Waals surface area contributed by atoms with Crippen molar-refractivity contribution in [2.24, 2.45) is 0 Å². The molecule has 0 heterocycles. The largest absolute Gasteiger partial charge is 0.483 e. The number of carbonyl (C=O) groups excluding carboxylic acids is 1. The van der Waals surface area contributed by atoms with E-state index in [1.54, 1.807) is 0 Å². The van der Waals surface area contributed by atoms with E-state index < -0.39 is 29.5 Å². The molecule has 0 aromatic heterocycles. The molecule has 4 N–H and O–H groups in total. The van der Waals surface area contributed by atoms with Crippen molar-refractivity contribution in [1.29, 1.82) is 0 Å². The predicted octanol–water partition coefficient (Wildman–Crippen LogP) is -0.808. The van der Waals surface area contributed by atoms with Crippen molar-refractivity contribution < 1.29 is 34.9 Å². The molecule has 2 unspecified atom stereocenters. The second kappa shape index (κ2) is 8.69. The van der Waals surface area contributed by atoms with E-state index in [1.807, 2.05) is 0 Å². The average molecular weight is 287 g/mol. The number of ketones is 1. The summed E-state index contributed by atoms with van der Waals surface area (Å²) in [7, 11) is 0. The summed E-state index contributed by atoms with van der Waals surface area (Å²) >= 11 is 0. The van der Waals surface area contributed by atoms with E-state index in [0.29, 0.717) is 0 Å². The minimum Gasteiger partial charge on any atom is -0.483 e. The molecule has 0 aliphatic rings. The molecule has 0 aliphatic carbocycles. The Morgan fingerprint density at radius 2 is 1.75 bits per heavy atom. The van der Waals surface area contributed by atoms with E-state index in [4.69, 9.17) is 20.1 Å². The van der Waals surface area contributed by atoms with Crippen LogP contribution in [0.3, 0.4) is 0 Å². The summed E-state index contributed by atoms with van der Waals surface area (Å²) < 4.78 is 0. The Hall–Kier alpha value is -2.36. The van der Waals surface area contributed by atoms with Crippen LogP contribution in [0.1, 0.15) is 10.4 Å². The zero-order chi connectivity index (χ0) is 15.7. The summed E-state index contributed by atoms with van der Waals surface area (Å²) in [5, 5.41) is 44.2. The van der Waals surface area contributed by atoms with Gasteiger partial charge in [-0.3, -0.25) is 19.7 Å². The fourth-order valence-corrected chi connectivity index (χ4v) is 1.19. The predicted molar refractivity (Wildman–Crippen MR) is 65.2 cm³/mol. The first kappa shape index (κ1) is 17.6. The number of nitrogens with zero attached hydrogens (tertiary/aromatic N) is 1. The number of hydrogen-bond acceptors (Lipinski definition) is 7. The van der Waals surface area contributed by atoms with E-state index in [0.717, 1.165) is 12.1 Å². The second-order valence-electron chi connectivity index (χ2n) is 3.47. The maximum atomic E-state index is 11.5. The van der Waals surface area contributed by atoms with Gasteiger partial charge in [-0.25, -0.2) is 0 Å². The lowest BCUT2D eigenvalue weighted by molar-refractivity contribution is -0.384. The van der Waals surface area contributed by atoms with Gasteiger partial charge in [-0.05, 0) is 12.1 Å². The van der Waals surface area contributed by atoms with E-state index >= 15 is 0 Å². The summed E-state index contributed by atoms with van der Waals surface area (Å²) in [4.78, 5) is 29.6. The van der Waals surface area contributed by atoms with Crippen molar-refractivity contribution in [3.63, 3.8) is 0 Å². The zero-order valence-corrected chi connectivity index (χ0v) is 10.1. The SMILES string of the molecule is O=C(c1ccc([N+](=O)[O-])cc1)C(O)C(O)CO.O=CO. The van der Waals surface area contributed by atoms with Crippen molar-refractivity contribution in [3.8, 4) is 0 Å². The van der Waals surface area contributed by atoms with Crippen LogP contribution >= 0.6 is 0 Å². The van der Waals surface area contributed by atoms with E-state index in [2.05, 4.69) is 0 Å². The van der Waals surface area contributed by atoms with Crippen LogP contribution in [-0.4, -0.2) is 56.4 Å². The molecule has 2 atom stereocenters. The molecule has 1 aromatic rings. The van der Waals surface area contributed by atoms with Gasteiger partial charge in [-0.15, -0.1) is 0 Å². The number of carboxylic acid groups (broad SMARTS) is 1. The molecule has 0 saturated heterocycles. The lowest BCUT2D eigenvalue weighted by Crippen LogP contribution is -2.36. The van der Waals surface area contributed by atoms with Gasteiger partial charge in [-0.2, -0.15) is 0 Å². The van der Waals surface area contributed by atoms with Gasteiger partial charge in [0, 0.05) is 17.7 Å². The number of aliphatic hydroxyl groups excluding tert-OH is 3. The van der Waals surface area contributed by atoms with Crippen LogP contribution in [0.4, 0.5) is 5.69 Å². The molecule has 0 spiro atoms. The van der Waals surface area contributed by atoms with Gasteiger partial charge in [-0.1, -0.05) is 0 Å². The minimum absolute atomic E-state index is 0.0237. The molecule has 0 radical (unpaired) electrons. The third-order valence-corrected chi connectivity index (χ3v) is 2.18. The molecule has 9 heteroatoms. The van der Waals surface area contributed by atoms with Gasteiger partial charge >= 0.3 is 0 Å². The summed E-state index contributed by atoms with van der Waals surface area (Å²) in [6, 6.07) is 4.58. The van der Waals surface area contributed by atoms with Gasteiger partial charge in [0.2, 0.25) is 0 Å². The molecule has 9 nitrogen and oxygen atoms in total. The lowest BCUT2D eigenvalue weighted by atomic mass is 10.0. The molecule has 0 fully saturated rings. The number of non-ortho nitro benzene ring substituents is 1. The number of rotatable bonds is 5. The highest BCUT2D eigenvalue weighted by Gasteiger charge is 2.24. The minimum atomic E-state index is -1.75. The smallest absolute Gasteiger partial charge is 0.290 e. The fraction of sp³-hybridized carbons (Fsp3) is 0.273. The zero-order valence-electron chi connectivity index (χ0n) is 10.1.